The Labute approximate surface area is 123 Å². The number of benzene rings is 1. The average Bonchev–Trinajstić information content (AvgIpc) is 2.34. The minimum atomic E-state index is -4.08. The first-order valence-corrected chi connectivity index (χ1v) is 8.03. The fourth-order valence-electron chi connectivity index (χ4n) is 1.66. The first kappa shape index (κ1) is 16.7. The summed E-state index contributed by atoms with van der Waals surface area (Å²) in [6, 6.07) is 2.25. The van der Waals surface area contributed by atoms with Crippen molar-refractivity contribution in [3.8, 4) is 0 Å². The Bertz CT molecular complexity index is 602. The van der Waals surface area contributed by atoms with Gasteiger partial charge in [-0.2, -0.15) is 0 Å². The Kier molecular flexibility index (Phi) is 5.79. The first-order chi connectivity index (χ1) is 9.27. The number of anilines is 1. The lowest BCUT2D eigenvalue weighted by Gasteiger charge is -2.12. The number of unbranched alkanes of at least 4 members (excludes halogenated alkanes) is 2. The van der Waals surface area contributed by atoms with Gasteiger partial charge in [0, 0.05) is 6.54 Å². The maximum atomic E-state index is 11.4. The summed E-state index contributed by atoms with van der Waals surface area (Å²) >= 11 is 5.97. The molecule has 0 aliphatic heterocycles. The van der Waals surface area contributed by atoms with E-state index in [1.807, 2.05) is 0 Å². The van der Waals surface area contributed by atoms with Crippen molar-refractivity contribution in [1.82, 2.24) is 0 Å². The quantitative estimate of drug-likeness (QED) is 0.668. The van der Waals surface area contributed by atoms with Gasteiger partial charge in [-0.1, -0.05) is 31.4 Å². The summed E-state index contributed by atoms with van der Waals surface area (Å²) in [5.74, 6) is -1.25. The van der Waals surface area contributed by atoms with Crippen LogP contribution in [0, 0.1) is 0 Å². The summed E-state index contributed by atoms with van der Waals surface area (Å²) in [6.07, 6.45) is 2.91. The average molecular weight is 321 g/mol. The van der Waals surface area contributed by atoms with Gasteiger partial charge in [-0.15, -0.1) is 0 Å². The van der Waals surface area contributed by atoms with Crippen molar-refractivity contribution in [3.05, 3.63) is 22.7 Å². The Morgan fingerprint density at radius 3 is 2.55 bits per heavy atom. The Morgan fingerprint density at radius 1 is 1.40 bits per heavy atom. The number of rotatable bonds is 7. The SMILES string of the molecule is CCCCCNc1cc(C(=O)O)cc(S(N)(=O)=O)c1Cl. The molecule has 0 radical (unpaired) electrons. The van der Waals surface area contributed by atoms with E-state index in [4.69, 9.17) is 21.8 Å². The molecule has 8 heteroatoms. The van der Waals surface area contributed by atoms with Gasteiger partial charge in [0.15, 0.2) is 0 Å². The van der Waals surface area contributed by atoms with Gasteiger partial charge in [0.2, 0.25) is 10.0 Å². The summed E-state index contributed by atoms with van der Waals surface area (Å²) in [5, 5.41) is 16.9. The Balaban J connectivity index is 3.15. The van der Waals surface area contributed by atoms with Gasteiger partial charge in [0.1, 0.15) is 4.90 Å². The third-order valence-electron chi connectivity index (χ3n) is 2.69. The van der Waals surface area contributed by atoms with Crippen molar-refractivity contribution in [1.29, 1.82) is 0 Å². The summed E-state index contributed by atoms with van der Waals surface area (Å²) in [6.45, 7) is 2.62. The molecule has 1 aromatic rings. The van der Waals surface area contributed by atoms with Crippen LogP contribution >= 0.6 is 11.6 Å². The van der Waals surface area contributed by atoms with Crippen molar-refractivity contribution >= 4 is 33.3 Å². The van der Waals surface area contributed by atoms with Crippen molar-refractivity contribution in [2.24, 2.45) is 5.14 Å². The van der Waals surface area contributed by atoms with Crippen molar-refractivity contribution in [2.45, 2.75) is 31.1 Å². The van der Waals surface area contributed by atoms with Crippen molar-refractivity contribution in [2.75, 3.05) is 11.9 Å². The first-order valence-electron chi connectivity index (χ1n) is 6.11. The molecule has 6 nitrogen and oxygen atoms in total. The van der Waals surface area contributed by atoms with Crippen LogP contribution in [0.15, 0.2) is 17.0 Å². The van der Waals surface area contributed by atoms with E-state index in [9.17, 15) is 13.2 Å². The van der Waals surface area contributed by atoms with Crippen LogP contribution in [0.3, 0.4) is 0 Å². The molecule has 1 rings (SSSR count). The zero-order chi connectivity index (χ0) is 15.3. The number of carbonyl (C=O) groups is 1. The number of hydrogen-bond donors (Lipinski definition) is 3. The van der Waals surface area contributed by atoms with Crippen molar-refractivity contribution in [3.63, 3.8) is 0 Å². The number of aromatic carboxylic acids is 1. The highest BCUT2D eigenvalue weighted by atomic mass is 35.5. The van der Waals surface area contributed by atoms with Crippen LogP contribution in [-0.2, 0) is 10.0 Å². The molecule has 0 atom stereocenters. The lowest BCUT2D eigenvalue weighted by Crippen LogP contribution is -2.15. The molecule has 0 aromatic heterocycles. The topological polar surface area (TPSA) is 109 Å². The normalized spacial score (nSPS) is 11.3. The number of sulfonamides is 1. The lowest BCUT2D eigenvalue weighted by molar-refractivity contribution is 0.0696. The second kappa shape index (κ2) is 6.92. The lowest BCUT2D eigenvalue weighted by atomic mass is 10.2. The molecular formula is C12H17ClN2O4S. The van der Waals surface area contributed by atoms with E-state index >= 15 is 0 Å². The zero-order valence-electron chi connectivity index (χ0n) is 11.0. The Hall–Kier alpha value is -1.31. The fourth-order valence-corrected chi connectivity index (χ4v) is 2.80. The molecule has 112 valence electrons. The van der Waals surface area contributed by atoms with Crippen LogP contribution in [0.25, 0.3) is 0 Å². The van der Waals surface area contributed by atoms with Crippen LogP contribution in [0.4, 0.5) is 5.69 Å². The molecule has 0 fully saturated rings. The van der Waals surface area contributed by atoms with E-state index in [1.54, 1.807) is 0 Å². The second-order valence-electron chi connectivity index (χ2n) is 4.32. The van der Waals surface area contributed by atoms with Gasteiger partial charge in [0.05, 0.1) is 16.3 Å². The third kappa shape index (κ3) is 4.36. The molecule has 0 aliphatic carbocycles. The highest BCUT2D eigenvalue weighted by Gasteiger charge is 2.20. The van der Waals surface area contributed by atoms with Gasteiger partial charge < -0.3 is 10.4 Å². The summed E-state index contributed by atoms with van der Waals surface area (Å²) < 4.78 is 22.9. The van der Waals surface area contributed by atoms with E-state index in [0.29, 0.717) is 6.54 Å². The number of nitrogens with two attached hydrogens (primary N) is 1. The molecule has 0 heterocycles. The van der Waals surface area contributed by atoms with E-state index < -0.39 is 20.9 Å². The number of carboxylic acid groups (broad SMARTS) is 1. The van der Waals surface area contributed by atoms with E-state index in [-0.39, 0.29) is 16.3 Å². The van der Waals surface area contributed by atoms with E-state index in [0.717, 1.165) is 25.3 Å². The smallest absolute Gasteiger partial charge is 0.335 e. The summed E-state index contributed by atoms with van der Waals surface area (Å²) in [5.41, 5.74) is 0.0723. The third-order valence-corrected chi connectivity index (χ3v) is 4.14. The minimum Gasteiger partial charge on any atom is -0.478 e. The number of primary sulfonamides is 1. The van der Waals surface area contributed by atoms with Crippen LogP contribution in [0.5, 0.6) is 0 Å². The van der Waals surface area contributed by atoms with Crippen LogP contribution in [-0.4, -0.2) is 26.0 Å². The molecule has 0 unspecified atom stereocenters. The molecule has 0 saturated heterocycles. The maximum Gasteiger partial charge on any atom is 0.335 e. The van der Waals surface area contributed by atoms with Crippen LogP contribution in [0.1, 0.15) is 36.5 Å². The highest BCUT2D eigenvalue weighted by Crippen LogP contribution is 2.30. The van der Waals surface area contributed by atoms with Crippen LogP contribution in [0.2, 0.25) is 5.02 Å². The molecule has 0 bridgehead atoms. The number of halogens is 1. The molecule has 0 aliphatic rings. The van der Waals surface area contributed by atoms with Gasteiger partial charge in [-0.3, -0.25) is 0 Å². The number of carboxylic acids is 1. The van der Waals surface area contributed by atoms with Crippen LogP contribution < -0.4 is 10.5 Å². The molecule has 0 amide bonds. The standard InChI is InChI=1S/C12H17ClN2O4S/c1-2-3-4-5-15-9-6-8(12(16)17)7-10(11(9)13)20(14,18)19/h6-7,15H,2-5H2,1H3,(H,16,17)(H2,14,18,19). The predicted octanol–water partition coefficient (Wildman–Crippen LogP) is 2.29. The summed E-state index contributed by atoms with van der Waals surface area (Å²) in [7, 11) is -4.08. The molecular weight excluding hydrogens is 304 g/mol. The van der Waals surface area contributed by atoms with Gasteiger partial charge >= 0.3 is 5.97 Å². The molecule has 0 saturated carbocycles. The minimum absolute atomic E-state index is 0.0889. The largest absolute Gasteiger partial charge is 0.478 e. The maximum absolute atomic E-state index is 11.4. The van der Waals surface area contributed by atoms with Crippen molar-refractivity contribution < 1.29 is 18.3 Å². The monoisotopic (exact) mass is 320 g/mol. The predicted molar refractivity (Wildman–Crippen MR) is 77.8 cm³/mol. The number of nitrogens with one attached hydrogen (secondary N) is 1. The van der Waals surface area contributed by atoms with E-state index in [1.165, 1.54) is 6.07 Å². The zero-order valence-corrected chi connectivity index (χ0v) is 12.6. The second-order valence-corrected chi connectivity index (χ2v) is 6.23. The highest BCUT2D eigenvalue weighted by molar-refractivity contribution is 7.89. The summed E-state index contributed by atoms with van der Waals surface area (Å²) in [4.78, 5) is 10.6. The fraction of sp³-hybridized carbons (Fsp3) is 0.417. The molecule has 0 spiro atoms. The Morgan fingerprint density at radius 2 is 2.05 bits per heavy atom. The van der Waals surface area contributed by atoms with E-state index in [2.05, 4.69) is 12.2 Å². The number of hydrogen-bond acceptors (Lipinski definition) is 4. The van der Waals surface area contributed by atoms with Gasteiger partial charge in [0.25, 0.3) is 0 Å². The van der Waals surface area contributed by atoms with Gasteiger partial charge in [-0.25, -0.2) is 18.4 Å². The molecule has 1 aromatic carbocycles. The van der Waals surface area contributed by atoms with Gasteiger partial charge in [-0.05, 0) is 18.6 Å². The molecule has 4 N–H and O–H groups in total. The molecule has 20 heavy (non-hydrogen) atoms.